The van der Waals surface area contributed by atoms with Gasteiger partial charge in [-0.15, -0.1) is 0 Å². The van der Waals surface area contributed by atoms with Crippen LogP contribution in [0.15, 0.2) is 60.7 Å². The van der Waals surface area contributed by atoms with Crippen LogP contribution in [0.5, 0.6) is 0 Å². The second-order valence-electron chi connectivity index (χ2n) is 8.69. The standard InChI is InChI=1S/C26H38N4/c1-2-3-6-15-26(29-20-16-27(17-21-29)24-11-7-4-8-12-24)30-22-18-28(19-23-30)25-13-9-5-10-14-25/h4-5,7-14,26H,2-3,6,15-23H2,1H3. The Balaban J connectivity index is 1.35. The van der Waals surface area contributed by atoms with E-state index in [9.17, 15) is 0 Å². The molecule has 2 aliphatic heterocycles. The number of rotatable bonds is 8. The Morgan fingerprint density at radius 2 is 1.03 bits per heavy atom. The van der Waals surface area contributed by atoms with Crippen LogP contribution in [0.1, 0.15) is 32.6 Å². The first-order chi connectivity index (χ1) is 14.8. The summed E-state index contributed by atoms with van der Waals surface area (Å²) in [5.41, 5.74) is 2.74. The van der Waals surface area contributed by atoms with E-state index in [4.69, 9.17) is 0 Å². The van der Waals surface area contributed by atoms with E-state index in [1.807, 2.05) is 0 Å². The minimum Gasteiger partial charge on any atom is -0.369 e. The Bertz CT molecular complexity index is 660. The average molecular weight is 407 g/mol. The lowest BCUT2D eigenvalue weighted by molar-refractivity contribution is 0.0262. The molecule has 4 rings (SSSR count). The molecule has 2 heterocycles. The summed E-state index contributed by atoms with van der Waals surface area (Å²) in [5, 5.41) is 0. The molecule has 0 bridgehead atoms. The summed E-state index contributed by atoms with van der Waals surface area (Å²) >= 11 is 0. The van der Waals surface area contributed by atoms with Gasteiger partial charge in [-0.2, -0.15) is 0 Å². The van der Waals surface area contributed by atoms with Crippen molar-refractivity contribution in [3.05, 3.63) is 60.7 Å². The lowest BCUT2D eigenvalue weighted by atomic mass is 10.1. The first kappa shape index (κ1) is 21.2. The van der Waals surface area contributed by atoms with Gasteiger partial charge in [0.2, 0.25) is 0 Å². The van der Waals surface area contributed by atoms with Crippen LogP contribution in [0.25, 0.3) is 0 Å². The normalized spacial score (nSPS) is 18.9. The third-order valence-electron chi connectivity index (χ3n) is 6.78. The van der Waals surface area contributed by atoms with Crippen molar-refractivity contribution in [3.63, 3.8) is 0 Å². The van der Waals surface area contributed by atoms with Gasteiger partial charge in [-0.05, 0) is 30.7 Å². The molecule has 2 aliphatic rings. The van der Waals surface area contributed by atoms with Crippen molar-refractivity contribution in [2.24, 2.45) is 0 Å². The number of piperazine rings is 2. The van der Waals surface area contributed by atoms with Crippen LogP contribution in [0, 0.1) is 0 Å². The largest absolute Gasteiger partial charge is 0.369 e. The molecule has 0 aromatic heterocycles. The fourth-order valence-electron chi connectivity index (χ4n) is 5.01. The Morgan fingerprint density at radius 1 is 0.600 bits per heavy atom. The van der Waals surface area contributed by atoms with Crippen molar-refractivity contribution in [1.82, 2.24) is 9.80 Å². The van der Waals surface area contributed by atoms with Crippen molar-refractivity contribution in [2.45, 2.75) is 38.8 Å². The van der Waals surface area contributed by atoms with Crippen LogP contribution in [0.3, 0.4) is 0 Å². The summed E-state index contributed by atoms with van der Waals surface area (Å²) in [6.07, 6.45) is 5.91. The summed E-state index contributed by atoms with van der Waals surface area (Å²) in [6.45, 7) is 11.5. The van der Waals surface area contributed by atoms with E-state index < -0.39 is 0 Å². The lowest BCUT2D eigenvalue weighted by Crippen LogP contribution is -2.59. The summed E-state index contributed by atoms with van der Waals surface area (Å²) in [4.78, 5) is 10.6. The molecule has 0 unspecified atom stereocenters. The third-order valence-corrected chi connectivity index (χ3v) is 6.78. The predicted molar refractivity (Wildman–Crippen MR) is 128 cm³/mol. The molecule has 30 heavy (non-hydrogen) atoms. The summed E-state index contributed by atoms with van der Waals surface area (Å²) in [6, 6.07) is 21.8. The molecule has 2 fully saturated rings. The zero-order valence-electron chi connectivity index (χ0n) is 18.6. The van der Waals surface area contributed by atoms with Crippen LogP contribution in [-0.4, -0.2) is 68.3 Å². The van der Waals surface area contributed by atoms with E-state index >= 15 is 0 Å². The third kappa shape index (κ3) is 5.35. The maximum atomic E-state index is 2.77. The topological polar surface area (TPSA) is 13.0 Å². The fraction of sp³-hybridized carbons (Fsp3) is 0.538. The van der Waals surface area contributed by atoms with E-state index in [1.165, 1.54) is 63.2 Å². The predicted octanol–water partition coefficient (Wildman–Crippen LogP) is 4.54. The highest BCUT2D eigenvalue weighted by molar-refractivity contribution is 5.47. The van der Waals surface area contributed by atoms with Gasteiger partial charge in [0.1, 0.15) is 0 Å². The lowest BCUT2D eigenvalue weighted by Gasteiger charge is -2.47. The van der Waals surface area contributed by atoms with E-state index in [-0.39, 0.29) is 0 Å². The average Bonchev–Trinajstić information content (AvgIpc) is 2.83. The smallest absolute Gasteiger partial charge is 0.0624 e. The molecule has 0 aliphatic carbocycles. The highest BCUT2D eigenvalue weighted by atomic mass is 15.4. The second-order valence-corrected chi connectivity index (χ2v) is 8.69. The van der Waals surface area contributed by atoms with Crippen molar-refractivity contribution in [3.8, 4) is 0 Å². The molecule has 0 N–H and O–H groups in total. The Hall–Kier alpha value is -2.04. The minimum atomic E-state index is 0.604. The van der Waals surface area contributed by atoms with E-state index in [0.717, 1.165) is 26.2 Å². The van der Waals surface area contributed by atoms with Crippen molar-refractivity contribution >= 4 is 11.4 Å². The van der Waals surface area contributed by atoms with Crippen LogP contribution in [0.2, 0.25) is 0 Å². The molecule has 2 aromatic rings. The quantitative estimate of drug-likeness (QED) is 0.597. The summed E-state index contributed by atoms with van der Waals surface area (Å²) in [7, 11) is 0. The SMILES string of the molecule is CCCCCC(N1CCN(c2ccccc2)CC1)N1CCN(c2ccccc2)CC1. The van der Waals surface area contributed by atoms with Crippen molar-refractivity contribution in [2.75, 3.05) is 62.2 Å². The maximum Gasteiger partial charge on any atom is 0.0624 e. The maximum absolute atomic E-state index is 2.77. The summed E-state index contributed by atoms with van der Waals surface area (Å²) in [5.74, 6) is 0. The van der Waals surface area contributed by atoms with E-state index in [0.29, 0.717) is 6.17 Å². The molecule has 0 atom stereocenters. The van der Waals surface area contributed by atoms with Crippen LogP contribution in [-0.2, 0) is 0 Å². The monoisotopic (exact) mass is 406 g/mol. The number of benzene rings is 2. The van der Waals surface area contributed by atoms with Gasteiger partial charge in [0.05, 0.1) is 6.17 Å². The van der Waals surface area contributed by atoms with Crippen molar-refractivity contribution in [1.29, 1.82) is 0 Å². The molecule has 4 nitrogen and oxygen atoms in total. The Kier molecular flexibility index (Phi) is 7.65. The van der Waals surface area contributed by atoms with Crippen LogP contribution < -0.4 is 9.80 Å². The van der Waals surface area contributed by atoms with Gasteiger partial charge in [-0.25, -0.2) is 0 Å². The number of hydrogen-bond donors (Lipinski definition) is 0. The van der Waals surface area contributed by atoms with Crippen LogP contribution in [0.4, 0.5) is 11.4 Å². The zero-order valence-corrected chi connectivity index (χ0v) is 18.6. The fourth-order valence-corrected chi connectivity index (χ4v) is 5.01. The van der Waals surface area contributed by atoms with Gasteiger partial charge in [0, 0.05) is 63.7 Å². The highest BCUT2D eigenvalue weighted by Crippen LogP contribution is 2.23. The Morgan fingerprint density at radius 3 is 1.43 bits per heavy atom. The molecular formula is C26H38N4. The van der Waals surface area contributed by atoms with Gasteiger partial charge in [-0.1, -0.05) is 62.6 Å². The van der Waals surface area contributed by atoms with Crippen LogP contribution >= 0.6 is 0 Å². The number of anilines is 2. The summed E-state index contributed by atoms with van der Waals surface area (Å²) < 4.78 is 0. The first-order valence-corrected chi connectivity index (χ1v) is 11.9. The number of unbranched alkanes of at least 4 members (excludes halogenated alkanes) is 2. The second kappa shape index (κ2) is 10.8. The highest BCUT2D eigenvalue weighted by Gasteiger charge is 2.30. The van der Waals surface area contributed by atoms with Gasteiger partial charge >= 0.3 is 0 Å². The van der Waals surface area contributed by atoms with Gasteiger partial charge in [-0.3, -0.25) is 9.80 Å². The molecule has 2 aromatic carbocycles. The zero-order chi connectivity index (χ0) is 20.6. The van der Waals surface area contributed by atoms with Gasteiger partial charge < -0.3 is 9.80 Å². The molecule has 0 spiro atoms. The molecule has 0 saturated carbocycles. The molecule has 162 valence electrons. The van der Waals surface area contributed by atoms with Gasteiger partial charge in [0.25, 0.3) is 0 Å². The molecule has 0 radical (unpaired) electrons. The number of para-hydroxylation sites is 2. The number of hydrogen-bond acceptors (Lipinski definition) is 4. The van der Waals surface area contributed by atoms with E-state index in [2.05, 4.69) is 87.2 Å². The Labute approximate surface area is 183 Å². The van der Waals surface area contributed by atoms with Crippen molar-refractivity contribution < 1.29 is 0 Å². The molecule has 0 amide bonds. The molecule has 4 heteroatoms. The molecule has 2 saturated heterocycles. The minimum absolute atomic E-state index is 0.604. The van der Waals surface area contributed by atoms with Gasteiger partial charge in [0.15, 0.2) is 0 Å². The molecular weight excluding hydrogens is 368 g/mol. The van der Waals surface area contributed by atoms with E-state index in [1.54, 1.807) is 0 Å². The first-order valence-electron chi connectivity index (χ1n) is 11.9. The number of nitrogens with zero attached hydrogens (tertiary/aromatic N) is 4.